The van der Waals surface area contributed by atoms with Crippen molar-refractivity contribution < 1.29 is 4.74 Å². The van der Waals surface area contributed by atoms with Crippen LogP contribution in [0, 0.1) is 5.92 Å². The molecular weight excluding hydrogens is 172 g/mol. The molecule has 0 atom stereocenters. The van der Waals surface area contributed by atoms with Gasteiger partial charge >= 0.3 is 0 Å². The molecule has 1 nitrogen and oxygen atoms in total. The molecule has 0 saturated heterocycles. The van der Waals surface area contributed by atoms with Gasteiger partial charge in [-0.3, -0.25) is 0 Å². The van der Waals surface area contributed by atoms with Gasteiger partial charge in [-0.15, -0.1) is 0 Å². The highest BCUT2D eigenvalue weighted by Crippen LogP contribution is 2.08. The van der Waals surface area contributed by atoms with Crippen LogP contribution in [0.15, 0.2) is 12.2 Å². The van der Waals surface area contributed by atoms with E-state index in [1.807, 2.05) is 0 Å². The van der Waals surface area contributed by atoms with Crippen LogP contribution in [-0.4, -0.2) is 12.2 Å². The summed E-state index contributed by atoms with van der Waals surface area (Å²) < 4.78 is 5.63. The van der Waals surface area contributed by atoms with Crippen LogP contribution in [0.5, 0.6) is 0 Å². The van der Waals surface area contributed by atoms with E-state index >= 15 is 0 Å². The molecule has 0 amide bonds. The van der Waals surface area contributed by atoms with Crippen molar-refractivity contribution in [2.45, 2.75) is 59.5 Å². The number of ether oxygens (including phenoxy) is 1. The number of hydrogen-bond acceptors (Lipinski definition) is 1. The van der Waals surface area contributed by atoms with Crippen molar-refractivity contribution in [3.05, 3.63) is 12.2 Å². The SMILES string of the molecule is CC(C)/C=C/CCCCOC(C)(C)C. The van der Waals surface area contributed by atoms with Crippen molar-refractivity contribution in [1.82, 2.24) is 0 Å². The van der Waals surface area contributed by atoms with Crippen LogP contribution in [0.2, 0.25) is 0 Å². The van der Waals surface area contributed by atoms with Crippen molar-refractivity contribution in [2.24, 2.45) is 5.92 Å². The van der Waals surface area contributed by atoms with Crippen LogP contribution in [0.3, 0.4) is 0 Å². The van der Waals surface area contributed by atoms with Gasteiger partial charge in [-0.05, 0) is 46.0 Å². The fourth-order valence-electron chi connectivity index (χ4n) is 1.11. The van der Waals surface area contributed by atoms with E-state index in [2.05, 4.69) is 46.8 Å². The monoisotopic (exact) mass is 198 g/mol. The molecule has 84 valence electrons. The van der Waals surface area contributed by atoms with E-state index in [9.17, 15) is 0 Å². The first-order valence-electron chi connectivity index (χ1n) is 5.72. The highest BCUT2D eigenvalue weighted by Gasteiger charge is 2.08. The molecule has 0 bridgehead atoms. The van der Waals surface area contributed by atoms with Gasteiger partial charge in [0.25, 0.3) is 0 Å². The first-order valence-corrected chi connectivity index (χ1v) is 5.72. The Kier molecular flexibility index (Phi) is 6.90. The van der Waals surface area contributed by atoms with E-state index < -0.39 is 0 Å². The Bertz CT molecular complexity index is 151. The summed E-state index contributed by atoms with van der Waals surface area (Å²) in [6.07, 6.45) is 8.14. The zero-order chi connectivity index (χ0) is 11.0. The predicted octanol–water partition coefficient (Wildman–Crippen LogP) is 4.18. The third kappa shape index (κ3) is 11.7. The fraction of sp³-hybridized carbons (Fsp3) is 0.846. The molecule has 0 unspecified atom stereocenters. The van der Waals surface area contributed by atoms with Gasteiger partial charge in [0.2, 0.25) is 0 Å². The maximum absolute atomic E-state index is 5.63. The Morgan fingerprint density at radius 3 is 2.29 bits per heavy atom. The van der Waals surface area contributed by atoms with Crippen molar-refractivity contribution in [1.29, 1.82) is 0 Å². The molecule has 0 aliphatic heterocycles. The quantitative estimate of drug-likeness (QED) is 0.459. The predicted molar refractivity (Wildman–Crippen MR) is 63.5 cm³/mol. The van der Waals surface area contributed by atoms with E-state index in [4.69, 9.17) is 4.74 Å². The minimum atomic E-state index is 0.0216. The Labute approximate surface area is 89.5 Å². The zero-order valence-corrected chi connectivity index (χ0v) is 10.5. The van der Waals surface area contributed by atoms with Crippen LogP contribution < -0.4 is 0 Å². The Balaban J connectivity index is 3.23. The van der Waals surface area contributed by atoms with E-state index in [0.29, 0.717) is 5.92 Å². The molecule has 0 aromatic heterocycles. The molecule has 0 aliphatic carbocycles. The first kappa shape index (κ1) is 13.7. The van der Waals surface area contributed by atoms with E-state index in [0.717, 1.165) is 6.61 Å². The normalized spacial score (nSPS) is 13.0. The van der Waals surface area contributed by atoms with Crippen molar-refractivity contribution in [3.63, 3.8) is 0 Å². The van der Waals surface area contributed by atoms with Crippen LogP contribution >= 0.6 is 0 Å². The summed E-state index contributed by atoms with van der Waals surface area (Å²) in [5, 5.41) is 0. The summed E-state index contributed by atoms with van der Waals surface area (Å²) in [5.41, 5.74) is 0.0216. The number of rotatable bonds is 6. The topological polar surface area (TPSA) is 9.23 Å². The average molecular weight is 198 g/mol. The zero-order valence-electron chi connectivity index (χ0n) is 10.5. The average Bonchev–Trinajstić information content (AvgIpc) is 2.00. The molecule has 0 saturated carbocycles. The van der Waals surface area contributed by atoms with E-state index in [1.54, 1.807) is 0 Å². The molecule has 0 spiro atoms. The second kappa shape index (κ2) is 7.05. The summed E-state index contributed by atoms with van der Waals surface area (Å²) in [7, 11) is 0. The van der Waals surface area contributed by atoms with Gasteiger partial charge in [0, 0.05) is 6.61 Å². The highest BCUT2D eigenvalue weighted by atomic mass is 16.5. The second-order valence-corrected chi connectivity index (χ2v) is 5.13. The second-order valence-electron chi connectivity index (χ2n) is 5.13. The molecule has 14 heavy (non-hydrogen) atoms. The summed E-state index contributed by atoms with van der Waals surface area (Å²) in [4.78, 5) is 0. The van der Waals surface area contributed by atoms with E-state index in [-0.39, 0.29) is 5.60 Å². The standard InChI is InChI=1S/C13H26O/c1-12(2)10-8-6-7-9-11-14-13(3,4)5/h8,10,12H,6-7,9,11H2,1-5H3/b10-8+. The Morgan fingerprint density at radius 1 is 1.14 bits per heavy atom. The molecule has 1 heteroatoms. The molecule has 0 aromatic rings. The third-order valence-corrected chi connectivity index (χ3v) is 1.82. The van der Waals surface area contributed by atoms with Crippen LogP contribution in [0.25, 0.3) is 0 Å². The minimum absolute atomic E-state index is 0.0216. The van der Waals surface area contributed by atoms with E-state index in [1.165, 1.54) is 19.3 Å². The smallest absolute Gasteiger partial charge is 0.0598 e. The lowest BCUT2D eigenvalue weighted by atomic mass is 10.1. The lowest BCUT2D eigenvalue weighted by molar-refractivity contribution is -0.00447. The fourth-order valence-corrected chi connectivity index (χ4v) is 1.11. The minimum Gasteiger partial charge on any atom is -0.376 e. The van der Waals surface area contributed by atoms with Crippen molar-refractivity contribution >= 4 is 0 Å². The van der Waals surface area contributed by atoms with Crippen molar-refractivity contribution in [2.75, 3.05) is 6.61 Å². The lowest BCUT2D eigenvalue weighted by Crippen LogP contribution is -2.19. The van der Waals surface area contributed by atoms with Gasteiger partial charge < -0.3 is 4.74 Å². The van der Waals surface area contributed by atoms with Gasteiger partial charge in [-0.2, -0.15) is 0 Å². The molecule has 0 radical (unpaired) electrons. The molecule has 0 heterocycles. The van der Waals surface area contributed by atoms with Gasteiger partial charge in [0.1, 0.15) is 0 Å². The maximum Gasteiger partial charge on any atom is 0.0598 e. The summed E-state index contributed by atoms with van der Waals surface area (Å²) in [5.74, 6) is 0.681. The van der Waals surface area contributed by atoms with Crippen LogP contribution in [0.1, 0.15) is 53.9 Å². The van der Waals surface area contributed by atoms with Gasteiger partial charge in [-0.1, -0.05) is 26.0 Å². The largest absolute Gasteiger partial charge is 0.376 e. The molecular formula is C13H26O. The van der Waals surface area contributed by atoms with Gasteiger partial charge in [0.15, 0.2) is 0 Å². The third-order valence-electron chi connectivity index (χ3n) is 1.82. The number of unbranched alkanes of at least 4 members (excludes halogenated alkanes) is 2. The van der Waals surface area contributed by atoms with Gasteiger partial charge in [0.05, 0.1) is 5.60 Å². The molecule has 0 rings (SSSR count). The summed E-state index contributed by atoms with van der Waals surface area (Å²) in [6.45, 7) is 11.6. The number of hydrogen-bond donors (Lipinski definition) is 0. The van der Waals surface area contributed by atoms with Crippen LogP contribution in [-0.2, 0) is 4.74 Å². The van der Waals surface area contributed by atoms with Crippen LogP contribution in [0.4, 0.5) is 0 Å². The highest BCUT2D eigenvalue weighted by molar-refractivity contribution is 4.83. The summed E-state index contributed by atoms with van der Waals surface area (Å²) >= 11 is 0. The van der Waals surface area contributed by atoms with Crippen molar-refractivity contribution in [3.8, 4) is 0 Å². The summed E-state index contributed by atoms with van der Waals surface area (Å²) in [6, 6.07) is 0. The molecule has 0 aromatic carbocycles. The Morgan fingerprint density at radius 2 is 1.79 bits per heavy atom. The first-order chi connectivity index (χ1) is 6.42. The molecule has 0 fully saturated rings. The molecule has 0 aliphatic rings. The molecule has 0 N–H and O–H groups in total. The maximum atomic E-state index is 5.63. The van der Waals surface area contributed by atoms with Gasteiger partial charge in [-0.25, -0.2) is 0 Å². The Hall–Kier alpha value is -0.300. The lowest BCUT2D eigenvalue weighted by Gasteiger charge is -2.19. The number of allylic oxidation sites excluding steroid dienone is 2.